The number of fused-ring (bicyclic) bond motifs is 1. The number of nitrogens with zero attached hydrogens (tertiary/aromatic N) is 2. The van der Waals surface area contributed by atoms with Crippen LogP contribution in [0.5, 0.6) is 0 Å². The van der Waals surface area contributed by atoms with E-state index in [4.69, 9.17) is 11.6 Å². The van der Waals surface area contributed by atoms with E-state index in [1.165, 1.54) is 0 Å². The predicted molar refractivity (Wildman–Crippen MR) is 70.7 cm³/mol. The van der Waals surface area contributed by atoms with Crippen LogP contribution in [0.1, 0.15) is 32.0 Å². The fourth-order valence-corrected chi connectivity index (χ4v) is 2.17. The lowest BCUT2D eigenvalue weighted by molar-refractivity contribution is 0.624. The van der Waals surface area contributed by atoms with Crippen molar-refractivity contribution in [3.63, 3.8) is 0 Å². The summed E-state index contributed by atoms with van der Waals surface area (Å²) in [6, 6.07) is 0. The fourth-order valence-electron chi connectivity index (χ4n) is 1.89. The zero-order chi connectivity index (χ0) is 12.5. The highest BCUT2D eigenvalue weighted by Crippen LogP contribution is 2.22. The summed E-state index contributed by atoms with van der Waals surface area (Å²) in [5.74, 6) is 0.628. The summed E-state index contributed by atoms with van der Waals surface area (Å²) in [7, 11) is 0. The van der Waals surface area contributed by atoms with Crippen LogP contribution in [0.3, 0.4) is 0 Å². The minimum absolute atomic E-state index is 0.0550. The number of hydrogen-bond donors (Lipinski definition) is 2. The van der Waals surface area contributed by atoms with E-state index in [-0.39, 0.29) is 5.54 Å². The lowest BCUT2D eigenvalue weighted by Gasteiger charge is -2.21. The predicted octanol–water partition coefficient (Wildman–Crippen LogP) is 2.03. The first-order valence-electron chi connectivity index (χ1n) is 6.00. The van der Waals surface area contributed by atoms with Crippen molar-refractivity contribution in [2.45, 2.75) is 39.2 Å². The average molecular weight is 255 g/mol. The number of anilines is 1. The van der Waals surface area contributed by atoms with E-state index < -0.39 is 0 Å². The summed E-state index contributed by atoms with van der Waals surface area (Å²) in [5.41, 5.74) is 2.11. The molecule has 1 aliphatic rings. The van der Waals surface area contributed by atoms with Gasteiger partial charge in [0.25, 0.3) is 0 Å². The molecule has 0 saturated carbocycles. The van der Waals surface area contributed by atoms with Crippen molar-refractivity contribution in [3.8, 4) is 0 Å². The Bertz CT molecular complexity index is 412. The molecule has 17 heavy (non-hydrogen) atoms. The summed E-state index contributed by atoms with van der Waals surface area (Å²) in [6.07, 6.45) is 1.82. The highest BCUT2D eigenvalue weighted by atomic mass is 35.5. The number of halogens is 1. The molecule has 4 nitrogen and oxygen atoms in total. The molecule has 1 aliphatic heterocycles. The zero-order valence-corrected chi connectivity index (χ0v) is 11.4. The molecule has 0 fully saturated rings. The smallest absolute Gasteiger partial charge is 0.224 e. The largest absolute Gasteiger partial charge is 0.350 e. The molecule has 2 heterocycles. The summed E-state index contributed by atoms with van der Waals surface area (Å²) in [4.78, 5) is 8.90. The third-order valence-corrected chi connectivity index (χ3v) is 2.93. The zero-order valence-electron chi connectivity index (χ0n) is 10.6. The molecule has 0 radical (unpaired) electrons. The standard InChI is InChI=1S/C12H19ClN4/c1-12(2,3)17-11-15-9-5-7-14-6-4-8(9)10(13)16-11/h14H,4-7H2,1-3H3,(H,15,16,17). The Balaban J connectivity index is 2.32. The van der Waals surface area contributed by atoms with Crippen molar-refractivity contribution in [1.82, 2.24) is 15.3 Å². The molecule has 2 rings (SSSR count). The maximum absolute atomic E-state index is 6.23. The van der Waals surface area contributed by atoms with Gasteiger partial charge in [-0.15, -0.1) is 0 Å². The van der Waals surface area contributed by atoms with Crippen molar-refractivity contribution in [2.24, 2.45) is 0 Å². The molecule has 1 aromatic rings. The average Bonchev–Trinajstić information content (AvgIpc) is 2.40. The Labute approximate surface area is 107 Å². The van der Waals surface area contributed by atoms with Crippen LogP contribution in [0, 0.1) is 0 Å². The number of aromatic nitrogens is 2. The number of rotatable bonds is 1. The fraction of sp³-hybridized carbons (Fsp3) is 0.667. The topological polar surface area (TPSA) is 49.8 Å². The van der Waals surface area contributed by atoms with Crippen LogP contribution in [-0.4, -0.2) is 28.6 Å². The second-order valence-corrected chi connectivity index (χ2v) is 5.75. The molecule has 0 amide bonds. The van der Waals surface area contributed by atoms with Gasteiger partial charge in [0.2, 0.25) is 5.95 Å². The van der Waals surface area contributed by atoms with Crippen molar-refractivity contribution in [1.29, 1.82) is 0 Å². The first-order chi connectivity index (χ1) is 7.96. The highest BCUT2D eigenvalue weighted by molar-refractivity contribution is 6.30. The van der Waals surface area contributed by atoms with Gasteiger partial charge in [-0.2, -0.15) is 0 Å². The first-order valence-corrected chi connectivity index (χ1v) is 6.38. The van der Waals surface area contributed by atoms with Crippen molar-refractivity contribution < 1.29 is 0 Å². The molecule has 0 atom stereocenters. The second kappa shape index (κ2) is 4.78. The van der Waals surface area contributed by atoms with Crippen LogP contribution < -0.4 is 10.6 Å². The van der Waals surface area contributed by atoms with Crippen LogP contribution >= 0.6 is 11.6 Å². The lowest BCUT2D eigenvalue weighted by atomic mass is 10.1. The van der Waals surface area contributed by atoms with Gasteiger partial charge >= 0.3 is 0 Å². The third kappa shape index (κ3) is 3.30. The minimum Gasteiger partial charge on any atom is -0.350 e. The molecule has 94 valence electrons. The van der Waals surface area contributed by atoms with Gasteiger partial charge in [0.15, 0.2) is 0 Å². The Morgan fingerprint density at radius 1 is 1.18 bits per heavy atom. The highest BCUT2D eigenvalue weighted by Gasteiger charge is 2.17. The summed E-state index contributed by atoms with van der Waals surface area (Å²) in [6.45, 7) is 8.14. The molecule has 1 aromatic heterocycles. The maximum Gasteiger partial charge on any atom is 0.224 e. The minimum atomic E-state index is -0.0550. The van der Waals surface area contributed by atoms with Gasteiger partial charge in [-0.1, -0.05) is 11.6 Å². The Hall–Kier alpha value is -0.870. The molecule has 0 aromatic carbocycles. The van der Waals surface area contributed by atoms with E-state index in [1.807, 2.05) is 0 Å². The SMILES string of the molecule is CC(C)(C)Nc1nc(Cl)c2c(n1)CCNCC2. The maximum atomic E-state index is 6.23. The van der Waals surface area contributed by atoms with Crippen LogP contribution in [0.25, 0.3) is 0 Å². The molecule has 0 saturated heterocycles. The summed E-state index contributed by atoms with van der Waals surface area (Å²) >= 11 is 6.23. The lowest BCUT2D eigenvalue weighted by Crippen LogP contribution is -2.27. The molecule has 0 aliphatic carbocycles. The molecule has 0 unspecified atom stereocenters. The van der Waals surface area contributed by atoms with E-state index >= 15 is 0 Å². The molecule has 0 spiro atoms. The molecular weight excluding hydrogens is 236 g/mol. The van der Waals surface area contributed by atoms with Crippen LogP contribution in [0.2, 0.25) is 5.15 Å². The monoisotopic (exact) mass is 254 g/mol. The first kappa shape index (κ1) is 12.6. The van der Waals surface area contributed by atoms with E-state index in [1.54, 1.807) is 0 Å². The van der Waals surface area contributed by atoms with Gasteiger partial charge in [0.1, 0.15) is 5.15 Å². The van der Waals surface area contributed by atoms with Gasteiger partial charge in [-0.05, 0) is 33.7 Å². The Morgan fingerprint density at radius 2 is 1.88 bits per heavy atom. The van der Waals surface area contributed by atoms with Gasteiger partial charge in [-0.3, -0.25) is 0 Å². The third-order valence-electron chi connectivity index (χ3n) is 2.62. The van der Waals surface area contributed by atoms with Gasteiger partial charge < -0.3 is 10.6 Å². The van der Waals surface area contributed by atoms with E-state index in [0.717, 1.165) is 37.2 Å². The van der Waals surface area contributed by atoms with Crippen LogP contribution in [-0.2, 0) is 12.8 Å². The number of nitrogens with one attached hydrogen (secondary N) is 2. The van der Waals surface area contributed by atoms with Crippen LogP contribution in [0.4, 0.5) is 5.95 Å². The van der Waals surface area contributed by atoms with Crippen molar-refractivity contribution in [3.05, 3.63) is 16.4 Å². The Morgan fingerprint density at radius 3 is 2.59 bits per heavy atom. The molecule has 0 bridgehead atoms. The molecule has 2 N–H and O–H groups in total. The molecular formula is C12H19ClN4. The summed E-state index contributed by atoms with van der Waals surface area (Å²) in [5, 5.41) is 7.20. The van der Waals surface area contributed by atoms with Gasteiger partial charge in [0.05, 0.1) is 5.69 Å². The van der Waals surface area contributed by atoms with Gasteiger partial charge in [-0.25, -0.2) is 9.97 Å². The normalized spacial score (nSPS) is 16.2. The Kier molecular flexibility index (Phi) is 3.54. The van der Waals surface area contributed by atoms with E-state index in [2.05, 4.69) is 41.4 Å². The van der Waals surface area contributed by atoms with Crippen LogP contribution in [0.15, 0.2) is 0 Å². The van der Waals surface area contributed by atoms with E-state index in [9.17, 15) is 0 Å². The number of hydrogen-bond acceptors (Lipinski definition) is 4. The van der Waals surface area contributed by atoms with E-state index in [0.29, 0.717) is 11.1 Å². The van der Waals surface area contributed by atoms with Gasteiger partial charge in [0, 0.05) is 24.1 Å². The van der Waals surface area contributed by atoms with Crippen molar-refractivity contribution in [2.75, 3.05) is 18.4 Å². The second-order valence-electron chi connectivity index (χ2n) is 5.39. The van der Waals surface area contributed by atoms with Crippen molar-refractivity contribution >= 4 is 17.5 Å². The summed E-state index contributed by atoms with van der Waals surface area (Å²) < 4.78 is 0. The quantitative estimate of drug-likeness (QED) is 0.753. The molecule has 5 heteroatoms.